The molecule has 0 saturated carbocycles. The number of hydrogen-bond donors (Lipinski definition) is 0. The lowest BCUT2D eigenvalue weighted by Crippen LogP contribution is -2.13. The fourth-order valence-corrected chi connectivity index (χ4v) is 2.66. The van der Waals surface area contributed by atoms with Crippen LogP contribution in [0.25, 0.3) is 22.2 Å². The van der Waals surface area contributed by atoms with E-state index < -0.39 is 5.97 Å². The zero-order valence-corrected chi connectivity index (χ0v) is 13.8. The fraction of sp³-hybridized carbons (Fsp3) is 0.278. The Bertz CT molecular complexity index is 887. The predicted octanol–water partition coefficient (Wildman–Crippen LogP) is 4.49. The number of aromatic nitrogens is 3. The van der Waals surface area contributed by atoms with Gasteiger partial charge >= 0.3 is 5.97 Å². The van der Waals surface area contributed by atoms with Crippen LogP contribution in [0.5, 0.6) is 0 Å². The maximum atomic E-state index is 12.4. The molecule has 24 heavy (non-hydrogen) atoms. The lowest BCUT2D eigenvalue weighted by Gasteiger charge is -2.10. The van der Waals surface area contributed by atoms with Gasteiger partial charge < -0.3 is 9.30 Å². The van der Waals surface area contributed by atoms with Crippen LogP contribution in [-0.4, -0.2) is 26.6 Å². The molecule has 0 unspecified atom stereocenters. The number of para-hydroxylation sites is 1. The molecule has 0 aliphatic carbocycles. The van der Waals surface area contributed by atoms with Gasteiger partial charge in [-0.25, -0.2) is 14.8 Å². The molecular formula is C18H20ClN3O2. The Morgan fingerprint density at radius 3 is 2.71 bits per heavy atom. The van der Waals surface area contributed by atoms with Crippen LogP contribution in [0.2, 0.25) is 5.28 Å². The van der Waals surface area contributed by atoms with Crippen LogP contribution in [0.1, 0.15) is 31.6 Å². The Kier molecular flexibility index (Phi) is 5.24. The number of esters is 1. The molecule has 0 atom stereocenters. The first-order valence-corrected chi connectivity index (χ1v) is 7.63. The number of hydrogen-bond acceptors (Lipinski definition) is 4. The van der Waals surface area contributed by atoms with E-state index >= 15 is 0 Å². The highest BCUT2D eigenvalue weighted by Gasteiger charge is 2.21. The van der Waals surface area contributed by atoms with Crippen molar-refractivity contribution in [3.05, 3.63) is 47.5 Å². The van der Waals surface area contributed by atoms with Crippen LogP contribution in [0.3, 0.4) is 0 Å². The standard InChI is InChI=1S/C17H16ClN3O2.CH4/c1-10(2)23-16(22)12-8-19-17(18)20-15(12)13-9-21(3)14-7-5-4-6-11(13)14;/h4-10H,1-3H3;1H4. The van der Waals surface area contributed by atoms with Gasteiger partial charge in [0.05, 0.1) is 11.8 Å². The van der Waals surface area contributed by atoms with Gasteiger partial charge in [-0.2, -0.15) is 0 Å². The van der Waals surface area contributed by atoms with Gasteiger partial charge in [0, 0.05) is 35.9 Å². The lowest BCUT2D eigenvalue weighted by atomic mass is 10.1. The van der Waals surface area contributed by atoms with E-state index in [9.17, 15) is 4.79 Å². The Hall–Kier alpha value is -2.40. The molecule has 0 aliphatic rings. The van der Waals surface area contributed by atoms with Crippen molar-refractivity contribution in [3.8, 4) is 11.3 Å². The third-order valence-corrected chi connectivity index (χ3v) is 3.66. The monoisotopic (exact) mass is 345 g/mol. The van der Waals surface area contributed by atoms with E-state index in [2.05, 4.69) is 9.97 Å². The summed E-state index contributed by atoms with van der Waals surface area (Å²) in [6.45, 7) is 3.60. The second-order valence-corrected chi connectivity index (χ2v) is 5.86. The van der Waals surface area contributed by atoms with Gasteiger partial charge in [0.1, 0.15) is 5.56 Å². The molecule has 0 bridgehead atoms. The summed E-state index contributed by atoms with van der Waals surface area (Å²) in [5.74, 6) is -0.459. The largest absolute Gasteiger partial charge is 0.459 e. The summed E-state index contributed by atoms with van der Waals surface area (Å²) in [6.07, 6.45) is 3.12. The van der Waals surface area contributed by atoms with Crippen molar-refractivity contribution >= 4 is 28.5 Å². The van der Waals surface area contributed by atoms with Crippen LogP contribution in [0, 0.1) is 0 Å². The molecule has 0 fully saturated rings. The number of fused-ring (bicyclic) bond motifs is 1. The first-order chi connectivity index (χ1) is 11.0. The van der Waals surface area contributed by atoms with Crippen LogP contribution in [0.15, 0.2) is 36.7 Å². The minimum absolute atomic E-state index is 0. The van der Waals surface area contributed by atoms with Crippen molar-refractivity contribution in [2.75, 3.05) is 0 Å². The summed E-state index contributed by atoms with van der Waals surface area (Å²) in [5, 5.41) is 1.08. The summed E-state index contributed by atoms with van der Waals surface area (Å²) in [4.78, 5) is 20.6. The second kappa shape index (κ2) is 7.01. The van der Waals surface area contributed by atoms with E-state index in [0.29, 0.717) is 11.3 Å². The van der Waals surface area contributed by atoms with Crippen LogP contribution < -0.4 is 0 Å². The van der Waals surface area contributed by atoms with Crippen molar-refractivity contribution in [2.45, 2.75) is 27.4 Å². The van der Waals surface area contributed by atoms with E-state index in [1.165, 1.54) is 6.20 Å². The number of nitrogens with zero attached hydrogens (tertiary/aromatic N) is 3. The fourth-order valence-electron chi connectivity index (χ4n) is 2.52. The zero-order chi connectivity index (χ0) is 16.6. The van der Waals surface area contributed by atoms with E-state index in [-0.39, 0.29) is 18.8 Å². The number of ether oxygens (including phenoxy) is 1. The molecule has 0 N–H and O–H groups in total. The van der Waals surface area contributed by atoms with Crippen LogP contribution in [-0.2, 0) is 11.8 Å². The highest BCUT2D eigenvalue weighted by Crippen LogP contribution is 2.31. The third kappa shape index (κ3) is 3.26. The molecule has 2 aromatic heterocycles. The van der Waals surface area contributed by atoms with Crippen LogP contribution >= 0.6 is 11.6 Å². The van der Waals surface area contributed by atoms with Gasteiger partial charge in [-0.1, -0.05) is 25.6 Å². The highest BCUT2D eigenvalue weighted by atomic mass is 35.5. The molecule has 0 saturated heterocycles. The minimum Gasteiger partial charge on any atom is -0.459 e. The van der Waals surface area contributed by atoms with E-state index in [1.54, 1.807) is 13.8 Å². The average Bonchev–Trinajstić information content (AvgIpc) is 2.84. The van der Waals surface area contributed by atoms with Crippen LogP contribution in [0.4, 0.5) is 0 Å². The minimum atomic E-state index is -0.459. The molecule has 1 aromatic carbocycles. The number of carbonyl (C=O) groups excluding carboxylic acids is 1. The topological polar surface area (TPSA) is 57.0 Å². The molecule has 126 valence electrons. The first-order valence-electron chi connectivity index (χ1n) is 7.25. The Balaban J connectivity index is 0.00000208. The molecule has 2 heterocycles. The summed E-state index contributed by atoms with van der Waals surface area (Å²) in [6, 6.07) is 7.90. The van der Waals surface area contributed by atoms with Gasteiger partial charge in [-0.05, 0) is 31.5 Å². The van der Waals surface area contributed by atoms with Crippen molar-refractivity contribution in [3.63, 3.8) is 0 Å². The van der Waals surface area contributed by atoms with E-state index in [1.807, 2.05) is 42.1 Å². The number of halogens is 1. The second-order valence-electron chi connectivity index (χ2n) is 5.53. The molecule has 0 aliphatic heterocycles. The summed E-state index contributed by atoms with van der Waals surface area (Å²) in [5.41, 5.74) is 2.65. The lowest BCUT2D eigenvalue weighted by molar-refractivity contribution is 0.0378. The molecule has 5 nitrogen and oxygen atoms in total. The average molecular weight is 346 g/mol. The maximum Gasteiger partial charge on any atom is 0.342 e. The third-order valence-electron chi connectivity index (χ3n) is 3.47. The Morgan fingerprint density at radius 2 is 2.00 bits per heavy atom. The molecule has 6 heteroatoms. The van der Waals surface area contributed by atoms with Crippen molar-refractivity contribution in [1.82, 2.24) is 14.5 Å². The quantitative estimate of drug-likeness (QED) is 0.518. The molecular weight excluding hydrogens is 326 g/mol. The van der Waals surface area contributed by atoms with Gasteiger partial charge in [0.2, 0.25) is 5.28 Å². The molecule has 0 spiro atoms. The number of aryl methyl sites for hydroxylation is 1. The predicted molar refractivity (Wildman–Crippen MR) is 96.2 cm³/mol. The van der Waals surface area contributed by atoms with Gasteiger partial charge in [-0.3, -0.25) is 0 Å². The molecule has 3 rings (SSSR count). The molecule has 0 radical (unpaired) electrons. The first kappa shape index (κ1) is 17.9. The van der Waals surface area contributed by atoms with Gasteiger partial charge in [0.15, 0.2) is 0 Å². The van der Waals surface area contributed by atoms with Crippen molar-refractivity contribution < 1.29 is 9.53 Å². The molecule has 3 aromatic rings. The van der Waals surface area contributed by atoms with Crippen molar-refractivity contribution in [1.29, 1.82) is 0 Å². The van der Waals surface area contributed by atoms with Crippen molar-refractivity contribution in [2.24, 2.45) is 7.05 Å². The SMILES string of the molecule is C.CC(C)OC(=O)c1cnc(Cl)nc1-c1cn(C)c2ccccc12. The van der Waals surface area contributed by atoms with E-state index in [0.717, 1.165) is 16.5 Å². The summed E-state index contributed by atoms with van der Waals surface area (Å²) in [7, 11) is 1.95. The molecule has 0 amide bonds. The normalized spacial score (nSPS) is 10.7. The summed E-state index contributed by atoms with van der Waals surface area (Å²) >= 11 is 5.95. The number of rotatable bonds is 3. The number of carbonyl (C=O) groups is 1. The number of benzene rings is 1. The van der Waals surface area contributed by atoms with E-state index in [4.69, 9.17) is 16.3 Å². The Labute approximate surface area is 146 Å². The van der Waals surface area contributed by atoms with Gasteiger partial charge in [0.25, 0.3) is 0 Å². The maximum absolute atomic E-state index is 12.4. The zero-order valence-electron chi connectivity index (χ0n) is 13.1. The highest BCUT2D eigenvalue weighted by molar-refractivity contribution is 6.28. The summed E-state index contributed by atoms with van der Waals surface area (Å²) < 4.78 is 7.27. The van der Waals surface area contributed by atoms with Gasteiger partial charge in [-0.15, -0.1) is 0 Å². The smallest absolute Gasteiger partial charge is 0.342 e. The Morgan fingerprint density at radius 1 is 1.29 bits per heavy atom.